The van der Waals surface area contributed by atoms with Crippen molar-refractivity contribution in [3.63, 3.8) is 0 Å². The van der Waals surface area contributed by atoms with Crippen LogP contribution in [-0.2, 0) is 6.61 Å². The number of alkyl halides is 2. The van der Waals surface area contributed by atoms with E-state index in [0.717, 1.165) is 12.4 Å². The number of aromatic nitrogens is 5. The van der Waals surface area contributed by atoms with Crippen LogP contribution in [-0.4, -0.2) is 25.1 Å². The van der Waals surface area contributed by atoms with Crippen LogP contribution in [0.15, 0.2) is 35.1 Å². The molecule has 0 aromatic carbocycles. The molecule has 0 atom stereocenters. The maximum absolute atomic E-state index is 12.6. The van der Waals surface area contributed by atoms with E-state index < -0.39 is 18.1 Å². The van der Waals surface area contributed by atoms with Crippen molar-refractivity contribution in [1.29, 1.82) is 0 Å². The Morgan fingerprint density at radius 1 is 1.04 bits per heavy atom. The zero-order valence-corrected chi connectivity index (χ0v) is 11.4. The molecule has 0 aliphatic heterocycles. The summed E-state index contributed by atoms with van der Waals surface area (Å²) in [5.74, 6) is -1.37. The minimum Gasteiger partial charge on any atom is -0.457 e. The molecule has 0 aliphatic rings. The quantitative estimate of drug-likeness (QED) is 0.713. The zero-order chi connectivity index (χ0) is 16.2. The van der Waals surface area contributed by atoms with Crippen molar-refractivity contribution in [1.82, 2.24) is 25.1 Å². The van der Waals surface area contributed by atoms with E-state index in [4.69, 9.17) is 9.15 Å². The molecule has 0 saturated heterocycles. The predicted octanol–water partition coefficient (Wildman–Crippen LogP) is 2.58. The lowest BCUT2D eigenvalue weighted by Crippen LogP contribution is -2.01. The molecule has 0 unspecified atom stereocenters. The molecular formula is C13H8F3N5O2. The average molecular weight is 323 g/mol. The molecule has 10 heteroatoms. The molecule has 7 nitrogen and oxygen atoms in total. The highest BCUT2D eigenvalue weighted by atomic mass is 19.3. The fourth-order valence-corrected chi connectivity index (χ4v) is 1.59. The Bertz CT molecular complexity index is 777. The molecule has 3 heterocycles. The fraction of sp³-hybridized carbons (Fsp3) is 0.154. The minimum atomic E-state index is -2.83. The fourth-order valence-electron chi connectivity index (χ4n) is 1.59. The van der Waals surface area contributed by atoms with E-state index >= 15 is 0 Å². The standard InChI is InChI=1S/C13H8F3N5O2/c14-8-4-18-13(19-5-8)22-6-9-2-1-7(3-17-9)11-20-21-12(23-11)10(15)16/h1-5,10H,6H2. The first-order valence-corrected chi connectivity index (χ1v) is 6.29. The van der Waals surface area contributed by atoms with E-state index in [1.165, 1.54) is 6.20 Å². The highest BCUT2D eigenvalue weighted by Gasteiger charge is 2.17. The van der Waals surface area contributed by atoms with Crippen molar-refractivity contribution in [2.75, 3.05) is 0 Å². The normalized spacial score (nSPS) is 11.0. The minimum absolute atomic E-state index is 0.00996. The first kappa shape index (κ1) is 14.9. The first-order chi connectivity index (χ1) is 11.1. The Morgan fingerprint density at radius 2 is 1.83 bits per heavy atom. The van der Waals surface area contributed by atoms with Crippen molar-refractivity contribution in [3.8, 4) is 17.5 Å². The van der Waals surface area contributed by atoms with Gasteiger partial charge >= 0.3 is 12.4 Å². The van der Waals surface area contributed by atoms with E-state index in [9.17, 15) is 13.2 Å². The molecular weight excluding hydrogens is 315 g/mol. The highest BCUT2D eigenvalue weighted by molar-refractivity contribution is 5.50. The van der Waals surface area contributed by atoms with Crippen LogP contribution in [0.3, 0.4) is 0 Å². The van der Waals surface area contributed by atoms with Gasteiger partial charge in [0.2, 0.25) is 5.89 Å². The van der Waals surface area contributed by atoms with Crippen molar-refractivity contribution in [2.45, 2.75) is 13.0 Å². The second kappa shape index (κ2) is 6.38. The van der Waals surface area contributed by atoms with Gasteiger partial charge in [-0.15, -0.1) is 10.2 Å². The maximum atomic E-state index is 12.6. The monoisotopic (exact) mass is 323 g/mol. The Balaban J connectivity index is 1.65. The van der Waals surface area contributed by atoms with Crippen LogP contribution in [0.1, 0.15) is 18.0 Å². The lowest BCUT2D eigenvalue weighted by Gasteiger charge is -2.03. The van der Waals surface area contributed by atoms with Gasteiger partial charge in [0.1, 0.15) is 6.61 Å². The molecule has 23 heavy (non-hydrogen) atoms. The molecule has 0 fully saturated rings. The van der Waals surface area contributed by atoms with E-state index in [0.29, 0.717) is 11.3 Å². The number of hydrogen-bond acceptors (Lipinski definition) is 7. The topological polar surface area (TPSA) is 86.8 Å². The third-order valence-electron chi connectivity index (χ3n) is 2.64. The summed E-state index contributed by atoms with van der Waals surface area (Å²) in [7, 11) is 0. The highest BCUT2D eigenvalue weighted by Crippen LogP contribution is 2.22. The van der Waals surface area contributed by atoms with Crippen LogP contribution >= 0.6 is 0 Å². The van der Waals surface area contributed by atoms with Gasteiger partial charge < -0.3 is 9.15 Å². The summed E-state index contributed by atoms with van der Waals surface area (Å²) in [4.78, 5) is 11.3. The second-order valence-electron chi connectivity index (χ2n) is 4.26. The summed E-state index contributed by atoms with van der Waals surface area (Å²) in [5, 5.41) is 6.75. The molecule has 3 aromatic rings. The maximum Gasteiger partial charge on any atom is 0.316 e. The van der Waals surface area contributed by atoms with Crippen LogP contribution in [0.5, 0.6) is 6.01 Å². The van der Waals surface area contributed by atoms with Crippen molar-refractivity contribution >= 4 is 0 Å². The number of rotatable bonds is 5. The van der Waals surface area contributed by atoms with Gasteiger partial charge in [0, 0.05) is 6.20 Å². The van der Waals surface area contributed by atoms with Gasteiger partial charge in [-0.05, 0) is 12.1 Å². The summed E-state index contributed by atoms with van der Waals surface area (Å²) in [6.07, 6.45) is 0.518. The van der Waals surface area contributed by atoms with E-state index in [1.807, 2.05) is 0 Å². The summed E-state index contributed by atoms with van der Waals surface area (Å²) in [5.41, 5.74) is 0.918. The van der Waals surface area contributed by atoms with Gasteiger partial charge in [-0.1, -0.05) is 0 Å². The van der Waals surface area contributed by atoms with E-state index in [1.54, 1.807) is 12.1 Å². The number of hydrogen-bond donors (Lipinski definition) is 0. The summed E-state index contributed by atoms with van der Waals surface area (Å²) >= 11 is 0. The van der Waals surface area contributed by atoms with E-state index in [-0.39, 0.29) is 18.5 Å². The Morgan fingerprint density at radius 3 is 2.43 bits per heavy atom. The average Bonchev–Trinajstić information content (AvgIpc) is 3.05. The number of halogens is 3. The lowest BCUT2D eigenvalue weighted by atomic mass is 10.2. The smallest absolute Gasteiger partial charge is 0.316 e. The molecule has 3 rings (SSSR count). The van der Waals surface area contributed by atoms with Crippen LogP contribution in [0.2, 0.25) is 0 Å². The van der Waals surface area contributed by atoms with E-state index in [2.05, 4.69) is 25.1 Å². The van der Waals surface area contributed by atoms with Gasteiger partial charge in [-0.25, -0.2) is 14.4 Å². The molecule has 0 bridgehead atoms. The van der Waals surface area contributed by atoms with Gasteiger partial charge in [0.05, 0.1) is 23.7 Å². The molecule has 0 spiro atoms. The third-order valence-corrected chi connectivity index (χ3v) is 2.64. The summed E-state index contributed by atoms with van der Waals surface area (Å²) in [6.45, 7) is 0.0536. The molecule has 0 saturated carbocycles. The summed E-state index contributed by atoms with van der Waals surface area (Å²) in [6, 6.07) is 3.17. The van der Waals surface area contributed by atoms with Crippen LogP contribution in [0.25, 0.3) is 11.5 Å². The number of nitrogens with zero attached hydrogens (tertiary/aromatic N) is 5. The largest absolute Gasteiger partial charge is 0.457 e. The van der Waals surface area contributed by atoms with Gasteiger partial charge in [-0.3, -0.25) is 4.98 Å². The Kier molecular flexibility index (Phi) is 4.13. The number of ether oxygens (including phenoxy) is 1. The van der Waals surface area contributed by atoms with Gasteiger partial charge in [-0.2, -0.15) is 8.78 Å². The van der Waals surface area contributed by atoms with Gasteiger partial charge in [0.25, 0.3) is 5.89 Å². The molecule has 0 radical (unpaired) electrons. The third kappa shape index (κ3) is 3.59. The SMILES string of the molecule is Fc1cnc(OCc2ccc(-c3nnc(C(F)F)o3)cn2)nc1. The lowest BCUT2D eigenvalue weighted by molar-refractivity contribution is 0.116. The Labute approximate surface area is 127 Å². The van der Waals surface area contributed by atoms with Crippen LogP contribution in [0, 0.1) is 5.82 Å². The van der Waals surface area contributed by atoms with Crippen molar-refractivity contribution in [3.05, 3.63) is 48.1 Å². The van der Waals surface area contributed by atoms with Gasteiger partial charge in [0.15, 0.2) is 5.82 Å². The number of pyridine rings is 1. The van der Waals surface area contributed by atoms with Crippen molar-refractivity contribution < 1.29 is 22.3 Å². The Hall–Kier alpha value is -3.04. The predicted molar refractivity (Wildman–Crippen MR) is 68.8 cm³/mol. The van der Waals surface area contributed by atoms with Crippen LogP contribution < -0.4 is 4.74 Å². The molecule has 0 amide bonds. The summed E-state index contributed by atoms with van der Waals surface area (Å²) < 4.78 is 47.5. The molecule has 0 aliphatic carbocycles. The second-order valence-corrected chi connectivity index (χ2v) is 4.26. The van der Waals surface area contributed by atoms with Crippen molar-refractivity contribution in [2.24, 2.45) is 0 Å². The molecule has 0 N–H and O–H groups in total. The zero-order valence-electron chi connectivity index (χ0n) is 11.4. The van der Waals surface area contributed by atoms with Crippen LogP contribution in [0.4, 0.5) is 13.2 Å². The molecule has 118 valence electrons. The first-order valence-electron chi connectivity index (χ1n) is 6.29. The molecule has 3 aromatic heterocycles.